The normalized spacial score (nSPS) is 17.7. The summed E-state index contributed by atoms with van der Waals surface area (Å²) in [6.45, 7) is 2.73. The topological polar surface area (TPSA) is 44.8 Å². The fourth-order valence-electron chi connectivity index (χ4n) is 4.60. The van der Waals surface area contributed by atoms with Gasteiger partial charge in [-0.2, -0.15) is 4.39 Å². The lowest BCUT2D eigenvalue weighted by molar-refractivity contribution is 0.0653. The third kappa shape index (κ3) is 5.79. The van der Waals surface area contributed by atoms with Gasteiger partial charge in [0.15, 0.2) is 11.6 Å². The Balaban J connectivity index is 1.44. The van der Waals surface area contributed by atoms with E-state index >= 15 is 0 Å². The van der Waals surface area contributed by atoms with Gasteiger partial charge in [0.1, 0.15) is 5.82 Å². The highest BCUT2D eigenvalue weighted by Gasteiger charge is 2.27. The standard InChI is InChI=1S/C29H29F3O4/c1-3-35-17-18-4-13-23(25(30)16-18)19-5-7-21(8-6-19)29(33)36-26-15-14-24(27(31)28(26)32)20-9-11-22(34-2)12-10-20/h4-8,13-16,20,22H,3,9-12,17H2,1-2H3. The van der Waals surface area contributed by atoms with Crippen molar-refractivity contribution in [1.29, 1.82) is 0 Å². The van der Waals surface area contributed by atoms with Crippen LogP contribution in [0.5, 0.6) is 5.75 Å². The van der Waals surface area contributed by atoms with Gasteiger partial charge in [-0.15, -0.1) is 0 Å². The Hall–Kier alpha value is -3.16. The molecule has 0 atom stereocenters. The largest absolute Gasteiger partial charge is 0.420 e. The summed E-state index contributed by atoms with van der Waals surface area (Å²) in [6.07, 6.45) is 3.14. The van der Waals surface area contributed by atoms with Gasteiger partial charge in [-0.1, -0.05) is 30.3 Å². The first-order chi connectivity index (χ1) is 17.4. The van der Waals surface area contributed by atoms with Gasteiger partial charge < -0.3 is 14.2 Å². The van der Waals surface area contributed by atoms with Crippen LogP contribution in [0.1, 0.15) is 60.0 Å². The van der Waals surface area contributed by atoms with E-state index in [0.717, 1.165) is 18.4 Å². The maximum Gasteiger partial charge on any atom is 0.343 e. The molecule has 190 valence electrons. The zero-order valence-corrected chi connectivity index (χ0v) is 20.4. The first-order valence-corrected chi connectivity index (χ1v) is 12.1. The van der Waals surface area contributed by atoms with Crippen molar-refractivity contribution in [2.75, 3.05) is 13.7 Å². The molecule has 0 radical (unpaired) electrons. The predicted molar refractivity (Wildman–Crippen MR) is 130 cm³/mol. The quantitative estimate of drug-likeness (QED) is 0.243. The maximum absolute atomic E-state index is 14.8. The summed E-state index contributed by atoms with van der Waals surface area (Å²) in [5.74, 6) is -3.97. The molecular formula is C29H29F3O4. The lowest BCUT2D eigenvalue weighted by Crippen LogP contribution is -2.20. The summed E-state index contributed by atoms with van der Waals surface area (Å²) < 4.78 is 59.9. The Morgan fingerprint density at radius 1 is 0.917 bits per heavy atom. The highest BCUT2D eigenvalue weighted by Crippen LogP contribution is 2.37. The molecule has 4 nitrogen and oxygen atoms in total. The molecule has 0 unspecified atom stereocenters. The highest BCUT2D eigenvalue weighted by molar-refractivity contribution is 5.91. The van der Waals surface area contributed by atoms with Crippen LogP contribution in [-0.4, -0.2) is 25.8 Å². The number of carbonyl (C=O) groups excluding carboxylic acids is 1. The van der Waals surface area contributed by atoms with Crippen molar-refractivity contribution in [3.8, 4) is 16.9 Å². The molecule has 0 aromatic heterocycles. The number of halogens is 3. The van der Waals surface area contributed by atoms with Crippen LogP contribution in [0.3, 0.4) is 0 Å². The summed E-state index contributed by atoms with van der Waals surface area (Å²) >= 11 is 0. The number of hydrogen-bond donors (Lipinski definition) is 0. The van der Waals surface area contributed by atoms with E-state index in [1.807, 2.05) is 6.92 Å². The minimum absolute atomic E-state index is 0.100. The lowest BCUT2D eigenvalue weighted by atomic mass is 9.82. The second-order valence-electron chi connectivity index (χ2n) is 8.91. The molecule has 3 aromatic rings. The number of methoxy groups -OCH3 is 1. The molecule has 0 N–H and O–H groups in total. The van der Waals surface area contributed by atoms with E-state index in [2.05, 4.69) is 0 Å². The minimum atomic E-state index is -1.18. The molecule has 1 aliphatic carbocycles. The smallest absolute Gasteiger partial charge is 0.343 e. The van der Waals surface area contributed by atoms with Crippen LogP contribution in [0, 0.1) is 17.5 Å². The number of carbonyl (C=O) groups is 1. The molecule has 0 spiro atoms. The van der Waals surface area contributed by atoms with Gasteiger partial charge in [-0.25, -0.2) is 13.6 Å². The minimum Gasteiger partial charge on any atom is -0.420 e. The lowest BCUT2D eigenvalue weighted by Gasteiger charge is -2.28. The Morgan fingerprint density at radius 2 is 1.64 bits per heavy atom. The van der Waals surface area contributed by atoms with Gasteiger partial charge in [0.2, 0.25) is 5.82 Å². The van der Waals surface area contributed by atoms with E-state index in [0.29, 0.717) is 42.7 Å². The molecule has 1 aliphatic rings. The zero-order valence-electron chi connectivity index (χ0n) is 20.4. The average Bonchev–Trinajstić information content (AvgIpc) is 2.90. The van der Waals surface area contributed by atoms with Crippen LogP contribution < -0.4 is 4.74 Å². The Bertz CT molecular complexity index is 1200. The maximum atomic E-state index is 14.8. The van der Waals surface area contributed by atoms with Gasteiger partial charge in [-0.3, -0.25) is 0 Å². The van der Waals surface area contributed by atoms with Crippen molar-refractivity contribution in [2.24, 2.45) is 0 Å². The summed E-state index contributed by atoms with van der Waals surface area (Å²) in [6, 6.07) is 13.7. The molecule has 0 saturated heterocycles. The second kappa shape index (κ2) is 11.7. The molecule has 0 heterocycles. The van der Waals surface area contributed by atoms with Crippen LogP contribution >= 0.6 is 0 Å². The first kappa shape index (κ1) is 25.9. The third-order valence-corrected chi connectivity index (χ3v) is 6.66. The number of rotatable bonds is 8. The van der Waals surface area contributed by atoms with Crippen molar-refractivity contribution in [3.05, 3.63) is 88.7 Å². The van der Waals surface area contributed by atoms with Crippen LogP contribution in [0.2, 0.25) is 0 Å². The molecule has 36 heavy (non-hydrogen) atoms. The molecule has 0 aliphatic heterocycles. The summed E-state index contributed by atoms with van der Waals surface area (Å²) in [7, 11) is 1.65. The monoisotopic (exact) mass is 498 g/mol. The highest BCUT2D eigenvalue weighted by atomic mass is 19.2. The zero-order chi connectivity index (χ0) is 25.7. The predicted octanol–water partition coefficient (Wildman–Crippen LogP) is 7.20. The molecule has 0 bridgehead atoms. The SMILES string of the molecule is CCOCc1ccc(-c2ccc(C(=O)Oc3ccc(C4CCC(OC)CC4)c(F)c3F)cc2)c(F)c1. The van der Waals surface area contributed by atoms with Crippen LogP contribution in [0.25, 0.3) is 11.1 Å². The average molecular weight is 499 g/mol. The molecule has 4 rings (SSSR count). The van der Waals surface area contributed by atoms with E-state index < -0.39 is 29.2 Å². The molecule has 0 amide bonds. The Morgan fingerprint density at radius 3 is 2.28 bits per heavy atom. The number of ether oxygens (including phenoxy) is 3. The Labute approximate surface area is 209 Å². The van der Waals surface area contributed by atoms with E-state index in [1.54, 1.807) is 31.4 Å². The summed E-state index contributed by atoms with van der Waals surface area (Å²) in [4.78, 5) is 12.6. The molecule has 1 fully saturated rings. The van der Waals surface area contributed by atoms with Crippen molar-refractivity contribution in [2.45, 2.75) is 51.2 Å². The van der Waals surface area contributed by atoms with E-state index in [4.69, 9.17) is 14.2 Å². The van der Waals surface area contributed by atoms with E-state index in [-0.39, 0.29) is 17.6 Å². The molecule has 1 saturated carbocycles. The van der Waals surface area contributed by atoms with Gasteiger partial charge >= 0.3 is 5.97 Å². The van der Waals surface area contributed by atoms with Crippen molar-refractivity contribution < 1.29 is 32.2 Å². The fourth-order valence-corrected chi connectivity index (χ4v) is 4.60. The van der Waals surface area contributed by atoms with E-state index in [9.17, 15) is 18.0 Å². The summed E-state index contributed by atoms with van der Waals surface area (Å²) in [5, 5.41) is 0. The first-order valence-electron chi connectivity index (χ1n) is 12.1. The summed E-state index contributed by atoms with van der Waals surface area (Å²) in [5.41, 5.74) is 2.09. The van der Waals surface area contributed by atoms with Crippen LogP contribution in [0.4, 0.5) is 13.2 Å². The van der Waals surface area contributed by atoms with Crippen molar-refractivity contribution >= 4 is 5.97 Å². The van der Waals surface area contributed by atoms with E-state index in [1.165, 1.54) is 30.3 Å². The second-order valence-corrected chi connectivity index (χ2v) is 8.91. The van der Waals surface area contributed by atoms with Crippen LogP contribution in [0.15, 0.2) is 54.6 Å². The van der Waals surface area contributed by atoms with Crippen LogP contribution in [-0.2, 0) is 16.1 Å². The van der Waals surface area contributed by atoms with Gasteiger partial charge in [0.25, 0.3) is 0 Å². The van der Waals surface area contributed by atoms with Gasteiger partial charge in [0.05, 0.1) is 18.3 Å². The Kier molecular flexibility index (Phi) is 8.44. The van der Waals surface area contributed by atoms with Gasteiger partial charge in [-0.05, 0) is 79.5 Å². The number of esters is 1. The third-order valence-electron chi connectivity index (χ3n) is 6.66. The van der Waals surface area contributed by atoms with Gasteiger partial charge in [0, 0.05) is 19.3 Å². The molecular weight excluding hydrogens is 469 g/mol. The number of hydrogen-bond acceptors (Lipinski definition) is 4. The van der Waals surface area contributed by atoms with Crippen molar-refractivity contribution in [1.82, 2.24) is 0 Å². The number of benzene rings is 3. The fraction of sp³-hybridized carbons (Fsp3) is 0.345. The van der Waals surface area contributed by atoms with Crippen molar-refractivity contribution in [3.63, 3.8) is 0 Å². The molecule has 3 aromatic carbocycles. The molecule has 7 heteroatoms.